The number of hydrogen-bond donors (Lipinski definition) is 1. The molecule has 0 spiro atoms. The summed E-state index contributed by atoms with van der Waals surface area (Å²) < 4.78 is 31.4. The van der Waals surface area contributed by atoms with Crippen LogP contribution >= 0.6 is 0 Å². The quantitative estimate of drug-likeness (QED) is 0.867. The minimum Gasteiger partial charge on any atom is -0.387 e. The van der Waals surface area contributed by atoms with Gasteiger partial charge >= 0.3 is 0 Å². The van der Waals surface area contributed by atoms with Crippen LogP contribution in [0.25, 0.3) is 0 Å². The molecule has 1 aromatic carbocycles. The molecule has 94 valence electrons. The van der Waals surface area contributed by atoms with Crippen LogP contribution < -0.4 is 5.32 Å². The minimum atomic E-state index is -3.41. The van der Waals surface area contributed by atoms with Crippen molar-refractivity contribution in [2.24, 2.45) is 0 Å². The van der Waals surface area contributed by atoms with Crippen molar-refractivity contribution in [3.8, 4) is 0 Å². The third-order valence-corrected chi connectivity index (χ3v) is 4.70. The van der Waals surface area contributed by atoms with Gasteiger partial charge in [-0.3, -0.25) is 0 Å². The van der Waals surface area contributed by atoms with Gasteiger partial charge in [0.25, 0.3) is 0 Å². The highest BCUT2D eigenvalue weighted by Gasteiger charge is 2.27. The summed E-state index contributed by atoms with van der Waals surface area (Å²) in [7, 11) is -1.70. The molecule has 2 rings (SSSR count). The molecule has 17 heavy (non-hydrogen) atoms. The number of ether oxygens (including phenoxy) is 1. The predicted octanol–water partition coefficient (Wildman–Crippen LogP) is 0.749. The van der Waals surface area contributed by atoms with E-state index >= 15 is 0 Å². The van der Waals surface area contributed by atoms with Crippen molar-refractivity contribution in [1.29, 1.82) is 0 Å². The molecule has 1 N–H and O–H groups in total. The number of rotatable bonds is 3. The standard InChI is InChI=1S/C11H16N2O3S/c1-12-10-4-2-3-5-11(10)17(14,15)13-6-8-16-9-7-13/h2-5,12H,6-9H2,1H3. The highest BCUT2D eigenvalue weighted by molar-refractivity contribution is 7.89. The van der Waals surface area contributed by atoms with Crippen LogP contribution in [-0.4, -0.2) is 46.1 Å². The Morgan fingerprint density at radius 3 is 2.53 bits per heavy atom. The van der Waals surface area contributed by atoms with Gasteiger partial charge in [0.05, 0.1) is 18.9 Å². The Morgan fingerprint density at radius 2 is 1.88 bits per heavy atom. The van der Waals surface area contributed by atoms with Crippen LogP contribution in [0.5, 0.6) is 0 Å². The molecule has 0 bridgehead atoms. The Bertz CT molecular complexity index is 481. The zero-order valence-corrected chi connectivity index (χ0v) is 10.5. The lowest BCUT2D eigenvalue weighted by Crippen LogP contribution is -2.40. The second-order valence-corrected chi connectivity index (χ2v) is 5.67. The van der Waals surface area contributed by atoms with Crippen molar-refractivity contribution in [3.63, 3.8) is 0 Å². The minimum absolute atomic E-state index is 0.324. The van der Waals surface area contributed by atoms with Gasteiger partial charge in [-0.1, -0.05) is 12.1 Å². The van der Waals surface area contributed by atoms with Crippen LogP contribution in [0.1, 0.15) is 0 Å². The van der Waals surface area contributed by atoms with Crippen molar-refractivity contribution in [2.45, 2.75) is 4.90 Å². The summed E-state index contributed by atoms with van der Waals surface area (Å²) in [6.07, 6.45) is 0. The molecule has 1 aromatic rings. The normalized spacial score (nSPS) is 17.9. The lowest BCUT2D eigenvalue weighted by Gasteiger charge is -2.26. The molecule has 0 aliphatic carbocycles. The monoisotopic (exact) mass is 256 g/mol. The molecular weight excluding hydrogens is 240 g/mol. The van der Waals surface area contributed by atoms with E-state index in [1.807, 2.05) is 6.07 Å². The number of para-hydroxylation sites is 1. The van der Waals surface area contributed by atoms with Crippen molar-refractivity contribution >= 4 is 15.7 Å². The van der Waals surface area contributed by atoms with Gasteiger partial charge in [-0.25, -0.2) is 8.42 Å². The molecule has 1 aliphatic rings. The first-order valence-electron chi connectivity index (χ1n) is 5.51. The second kappa shape index (κ2) is 5.03. The van der Waals surface area contributed by atoms with Crippen molar-refractivity contribution in [2.75, 3.05) is 38.7 Å². The van der Waals surface area contributed by atoms with Crippen LogP contribution in [-0.2, 0) is 14.8 Å². The van der Waals surface area contributed by atoms with Gasteiger partial charge in [0.2, 0.25) is 10.0 Å². The fourth-order valence-corrected chi connectivity index (χ4v) is 3.43. The zero-order chi connectivity index (χ0) is 12.3. The van der Waals surface area contributed by atoms with Crippen molar-refractivity contribution in [1.82, 2.24) is 4.31 Å². The molecule has 0 unspecified atom stereocenters. The van der Waals surface area contributed by atoms with Gasteiger partial charge < -0.3 is 10.1 Å². The average molecular weight is 256 g/mol. The lowest BCUT2D eigenvalue weighted by molar-refractivity contribution is 0.0730. The molecule has 1 aliphatic heterocycles. The van der Waals surface area contributed by atoms with E-state index < -0.39 is 10.0 Å². The Morgan fingerprint density at radius 1 is 1.24 bits per heavy atom. The molecule has 0 radical (unpaired) electrons. The van der Waals surface area contributed by atoms with E-state index in [4.69, 9.17) is 4.74 Å². The number of morpholine rings is 1. The topological polar surface area (TPSA) is 58.6 Å². The summed E-state index contributed by atoms with van der Waals surface area (Å²) in [6.45, 7) is 1.75. The lowest BCUT2D eigenvalue weighted by atomic mass is 10.3. The molecule has 0 saturated carbocycles. The molecule has 0 atom stereocenters. The Balaban J connectivity index is 2.36. The Hall–Kier alpha value is -1.11. The number of anilines is 1. The predicted molar refractivity (Wildman–Crippen MR) is 65.6 cm³/mol. The summed E-state index contributed by atoms with van der Waals surface area (Å²) in [5.74, 6) is 0. The molecule has 1 heterocycles. The SMILES string of the molecule is CNc1ccccc1S(=O)(=O)N1CCOCC1. The van der Waals surface area contributed by atoms with E-state index in [9.17, 15) is 8.42 Å². The highest BCUT2D eigenvalue weighted by Crippen LogP contribution is 2.24. The smallest absolute Gasteiger partial charge is 0.245 e. The summed E-state index contributed by atoms with van der Waals surface area (Å²) in [6, 6.07) is 6.92. The third kappa shape index (κ3) is 2.43. The number of hydrogen-bond acceptors (Lipinski definition) is 4. The third-order valence-electron chi connectivity index (χ3n) is 2.74. The molecule has 0 amide bonds. The summed E-state index contributed by atoms with van der Waals surface area (Å²) in [5, 5.41) is 2.90. The number of benzene rings is 1. The van der Waals surface area contributed by atoms with Crippen LogP contribution in [0, 0.1) is 0 Å². The number of nitrogens with zero attached hydrogens (tertiary/aromatic N) is 1. The molecule has 0 aromatic heterocycles. The van der Waals surface area contributed by atoms with Crippen LogP contribution in [0.2, 0.25) is 0 Å². The fraction of sp³-hybridized carbons (Fsp3) is 0.455. The summed E-state index contributed by atoms with van der Waals surface area (Å²) >= 11 is 0. The maximum absolute atomic E-state index is 12.4. The molecule has 5 nitrogen and oxygen atoms in total. The average Bonchev–Trinajstić information content (AvgIpc) is 2.39. The van der Waals surface area contributed by atoms with E-state index in [1.54, 1.807) is 25.2 Å². The van der Waals surface area contributed by atoms with Crippen LogP contribution in [0.3, 0.4) is 0 Å². The Kier molecular flexibility index (Phi) is 3.66. The maximum Gasteiger partial charge on any atom is 0.245 e. The summed E-state index contributed by atoms with van der Waals surface area (Å²) in [4.78, 5) is 0.324. The Labute approximate surface area is 101 Å². The van der Waals surface area contributed by atoms with Crippen LogP contribution in [0.4, 0.5) is 5.69 Å². The van der Waals surface area contributed by atoms with Crippen molar-refractivity contribution in [3.05, 3.63) is 24.3 Å². The largest absolute Gasteiger partial charge is 0.387 e. The van der Waals surface area contributed by atoms with Gasteiger partial charge in [-0.05, 0) is 12.1 Å². The molecule has 1 fully saturated rings. The van der Waals surface area contributed by atoms with E-state index in [0.717, 1.165) is 0 Å². The number of nitrogens with one attached hydrogen (secondary N) is 1. The first kappa shape index (κ1) is 12.3. The van der Waals surface area contributed by atoms with Gasteiger partial charge in [-0.2, -0.15) is 4.31 Å². The maximum atomic E-state index is 12.4. The molecular formula is C11H16N2O3S. The van der Waals surface area contributed by atoms with Gasteiger partial charge in [-0.15, -0.1) is 0 Å². The van der Waals surface area contributed by atoms with E-state index in [0.29, 0.717) is 36.9 Å². The second-order valence-electron chi connectivity index (χ2n) is 3.76. The van der Waals surface area contributed by atoms with Crippen LogP contribution in [0.15, 0.2) is 29.2 Å². The van der Waals surface area contributed by atoms with E-state index in [1.165, 1.54) is 4.31 Å². The van der Waals surface area contributed by atoms with Gasteiger partial charge in [0, 0.05) is 20.1 Å². The zero-order valence-electron chi connectivity index (χ0n) is 9.72. The molecule has 6 heteroatoms. The first-order valence-corrected chi connectivity index (χ1v) is 6.95. The first-order chi connectivity index (χ1) is 8.16. The van der Waals surface area contributed by atoms with E-state index in [2.05, 4.69) is 5.32 Å². The van der Waals surface area contributed by atoms with Gasteiger partial charge in [0.15, 0.2) is 0 Å². The summed E-state index contributed by atoms with van der Waals surface area (Å²) in [5.41, 5.74) is 0.624. The fourth-order valence-electron chi connectivity index (χ4n) is 1.82. The van der Waals surface area contributed by atoms with Crippen molar-refractivity contribution < 1.29 is 13.2 Å². The number of sulfonamides is 1. The highest BCUT2D eigenvalue weighted by atomic mass is 32.2. The molecule has 1 saturated heterocycles. The van der Waals surface area contributed by atoms with E-state index in [-0.39, 0.29) is 0 Å². The van der Waals surface area contributed by atoms with Gasteiger partial charge in [0.1, 0.15) is 4.90 Å².